The molecule has 2 heterocycles. The van der Waals surface area contributed by atoms with Crippen molar-refractivity contribution in [3.63, 3.8) is 0 Å². The minimum atomic E-state index is 0.793. The Labute approximate surface area is 155 Å². The lowest BCUT2D eigenvalue weighted by Crippen LogP contribution is -1.92. The first-order valence-corrected chi connectivity index (χ1v) is 9.43. The Morgan fingerprint density at radius 1 is 0.654 bits per heavy atom. The number of rotatable bonds is 2. The number of aryl methyl sites for hydroxylation is 1. The molecule has 2 nitrogen and oxygen atoms in total. The average molecular weight is 352 g/mol. The highest BCUT2D eigenvalue weighted by atomic mass is 32.1. The molecule has 5 aromatic rings. The van der Waals surface area contributed by atoms with E-state index in [-0.39, 0.29) is 0 Å². The van der Waals surface area contributed by atoms with Crippen LogP contribution in [-0.2, 0) is 0 Å². The highest BCUT2D eigenvalue weighted by molar-refractivity contribution is 7.25. The molecule has 3 heteroatoms. The van der Waals surface area contributed by atoms with Gasteiger partial charge in [-0.3, -0.25) is 0 Å². The van der Waals surface area contributed by atoms with Crippen LogP contribution in [0.15, 0.2) is 78.9 Å². The van der Waals surface area contributed by atoms with Gasteiger partial charge in [0, 0.05) is 21.0 Å². The topological polar surface area (TPSA) is 25.8 Å². The second-order valence-electron chi connectivity index (χ2n) is 6.35. The molecule has 0 spiro atoms. The van der Waals surface area contributed by atoms with E-state index in [1.54, 1.807) is 11.3 Å². The Hall–Kier alpha value is -3.04. The third-order valence-electron chi connectivity index (χ3n) is 4.67. The maximum atomic E-state index is 4.85. The zero-order valence-electron chi connectivity index (χ0n) is 14.3. The number of fused-ring (bicyclic) bond motifs is 3. The van der Waals surface area contributed by atoms with Gasteiger partial charge in [0.15, 0.2) is 5.82 Å². The van der Waals surface area contributed by atoms with Crippen molar-refractivity contribution >= 4 is 31.6 Å². The predicted molar refractivity (Wildman–Crippen MR) is 111 cm³/mol. The van der Waals surface area contributed by atoms with Gasteiger partial charge in [-0.15, -0.1) is 11.3 Å². The van der Waals surface area contributed by atoms with Crippen molar-refractivity contribution in [2.45, 2.75) is 6.92 Å². The standard InChI is InChI=1S/C23H16N2S/c1-15-21-19-9-5-6-10-20(19)26-23(21)25-22(24-15)18-13-11-17(12-14-18)16-7-3-2-4-8-16/h2-14H,1H3. The third kappa shape index (κ3) is 2.49. The lowest BCUT2D eigenvalue weighted by molar-refractivity contribution is 1.17. The summed E-state index contributed by atoms with van der Waals surface area (Å²) < 4.78 is 1.26. The minimum absolute atomic E-state index is 0.793. The summed E-state index contributed by atoms with van der Waals surface area (Å²) in [6.07, 6.45) is 0. The monoisotopic (exact) mass is 352 g/mol. The summed E-state index contributed by atoms with van der Waals surface area (Å²) in [4.78, 5) is 10.7. The van der Waals surface area contributed by atoms with Crippen molar-refractivity contribution in [3.8, 4) is 22.5 Å². The average Bonchev–Trinajstić information content (AvgIpc) is 3.08. The van der Waals surface area contributed by atoms with Gasteiger partial charge in [0.25, 0.3) is 0 Å². The van der Waals surface area contributed by atoms with E-state index in [0.717, 1.165) is 21.9 Å². The van der Waals surface area contributed by atoms with Crippen LogP contribution in [0.1, 0.15) is 5.69 Å². The molecule has 0 bridgehead atoms. The van der Waals surface area contributed by atoms with Gasteiger partial charge in [0.2, 0.25) is 0 Å². The first-order valence-electron chi connectivity index (χ1n) is 8.61. The largest absolute Gasteiger partial charge is 0.233 e. The molecule has 5 rings (SSSR count). The van der Waals surface area contributed by atoms with Gasteiger partial charge in [-0.25, -0.2) is 9.97 Å². The predicted octanol–water partition coefficient (Wildman–Crippen LogP) is 6.49. The van der Waals surface area contributed by atoms with E-state index in [4.69, 9.17) is 9.97 Å². The number of aromatic nitrogens is 2. The van der Waals surface area contributed by atoms with Gasteiger partial charge in [-0.05, 0) is 24.1 Å². The molecule has 0 unspecified atom stereocenters. The van der Waals surface area contributed by atoms with Gasteiger partial charge in [0.1, 0.15) is 4.83 Å². The van der Waals surface area contributed by atoms with Gasteiger partial charge in [0.05, 0.1) is 5.69 Å². The van der Waals surface area contributed by atoms with Crippen LogP contribution in [0.3, 0.4) is 0 Å². The van der Waals surface area contributed by atoms with Gasteiger partial charge in [-0.2, -0.15) is 0 Å². The Morgan fingerprint density at radius 2 is 1.31 bits per heavy atom. The third-order valence-corrected chi connectivity index (χ3v) is 5.73. The molecule has 0 aliphatic heterocycles. The number of hydrogen-bond donors (Lipinski definition) is 0. The second kappa shape index (κ2) is 6.04. The maximum Gasteiger partial charge on any atom is 0.161 e. The highest BCUT2D eigenvalue weighted by Gasteiger charge is 2.12. The number of benzene rings is 3. The SMILES string of the molecule is Cc1nc(-c2ccc(-c3ccccc3)cc2)nc2sc3ccccc3c12. The van der Waals surface area contributed by atoms with E-state index in [0.29, 0.717) is 0 Å². The smallest absolute Gasteiger partial charge is 0.161 e. The highest BCUT2D eigenvalue weighted by Crippen LogP contribution is 2.35. The molecule has 0 N–H and O–H groups in total. The molecule has 2 aromatic heterocycles. The molecule has 0 atom stereocenters. The fraction of sp³-hybridized carbons (Fsp3) is 0.0435. The van der Waals surface area contributed by atoms with Crippen LogP contribution in [0.4, 0.5) is 0 Å². The minimum Gasteiger partial charge on any atom is -0.233 e. The van der Waals surface area contributed by atoms with Crippen molar-refractivity contribution < 1.29 is 0 Å². The van der Waals surface area contributed by atoms with Gasteiger partial charge < -0.3 is 0 Å². The lowest BCUT2D eigenvalue weighted by Gasteiger charge is -2.05. The van der Waals surface area contributed by atoms with E-state index in [1.807, 2.05) is 6.07 Å². The number of hydrogen-bond acceptors (Lipinski definition) is 3. The van der Waals surface area contributed by atoms with Crippen LogP contribution in [0.25, 0.3) is 42.8 Å². The molecule has 0 aliphatic rings. The van der Waals surface area contributed by atoms with E-state index in [2.05, 4.69) is 79.7 Å². The van der Waals surface area contributed by atoms with E-state index in [1.165, 1.54) is 26.6 Å². The Morgan fingerprint density at radius 3 is 2.12 bits per heavy atom. The number of nitrogens with zero attached hydrogens (tertiary/aromatic N) is 2. The molecule has 124 valence electrons. The summed E-state index contributed by atoms with van der Waals surface area (Å²) in [5.74, 6) is 0.793. The summed E-state index contributed by atoms with van der Waals surface area (Å²) in [5, 5.41) is 2.42. The van der Waals surface area contributed by atoms with Crippen LogP contribution in [0, 0.1) is 6.92 Å². The normalized spacial score (nSPS) is 11.3. The Kier molecular flexibility index (Phi) is 3.54. The van der Waals surface area contributed by atoms with Crippen molar-refractivity contribution in [1.29, 1.82) is 0 Å². The zero-order valence-corrected chi connectivity index (χ0v) is 15.1. The van der Waals surface area contributed by atoms with E-state index in [9.17, 15) is 0 Å². The summed E-state index contributed by atoms with van der Waals surface area (Å²) in [7, 11) is 0. The lowest BCUT2D eigenvalue weighted by atomic mass is 10.0. The summed E-state index contributed by atoms with van der Waals surface area (Å²) >= 11 is 1.73. The van der Waals surface area contributed by atoms with Crippen molar-refractivity contribution in [3.05, 3.63) is 84.6 Å². The Bertz CT molecular complexity index is 1220. The second-order valence-corrected chi connectivity index (χ2v) is 7.39. The van der Waals surface area contributed by atoms with E-state index < -0.39 is 0 Å². The van der Waals surface area contributed by atoms with Crippen molar-refractivity contribution in [1.82, 2.24) is 9.97 Å². The zero-order chi connectivity index (χ0) is 17.5. The summed E-state index contributed by atoms with van der Waals surface area (Å²) in [6.45, 7) is 2.07. The maximum absolute atomic E-state index is 4.85. The molecule has 0 radical (unpaired) electrons. The Balaban J connectivity index is 1.62. The van der Waals surface area contributed by atoms with Gasteiger partial charge >= 0.3 is 0 Å². The quantitative estimate of drug-likeness (QED) is 0.363. The van der Waals surface area contributed by atoms with Crippen LogP contribution >= 0.6 is 11.3 Å². The molecule has 0 fully saturated rings. The van der Waals surface area contributed by atoms with Crippen molar-refractivity contribution in [2.24, 2.45) is 0 Å². The molecule has 0 saturated heterocycles. The molecular formula is C23H16N2S. The van der Waals surface area contributed by atoms with E-state index >= 15 is 0 Å². The number of thiophene rings is 1. The molecule has 0 aliphatic carbocycles. The van der Waals surface area contributed by atoms with Crippen molar-refractivity contribution in [2.75, 3.05) is 0 Å². The fourth-order valence-corrected chi connectivity index (χ4v) is 4.50. The van der Waals surface area contributed by atoms with Gasteiger partial charge in [-0.1, -0.05) is 72.8 Å². The molecule has 0 amide bonds. The van der Waals surface area contributed by atoms with Crippen LogP contribution in [-0.4, -0.2) is 9.97 Å². The first-order chi connectivity index (χ1) is 12.8. The van der Waals surface area contributed by atoms with Crippen LogP contribution in [0.2, 0.25) is 0 Å². The fourth-order valence-electron chi connectivity index (χ4n) is 3.37. The first kappa shape index (κ1) is 15.2. The molecule has 3 aromatic carbocycles. The summed E-state index contributed by atoms with van der Waals surface area (Å²) in [6, 6.07) is 27.3. The van der Waals surface area contributed by atoms with Crippen LogP contribution < -0.4 is 0 Å². The molecule has 0 saturated carbocycles. The van der Waals surface area contributed by atoms with Crippen LogP contribution in [0.5, 0.6) is 0 Å². The molecular weight excluding hydrogens is 336 g/mol. The summed E-state index contributed by atoms with van der Waals surface area (Å²) in [5.41, 5.74) is 4.51. The molecule has 26 heavy (non-hydrogen) atoms.